The van der Waals surface area contributed by atoms with Gasteiger partial charge in [0.1, 0.15) is 5.75 Å². The third kappa shape index (κ3) is 3.55. The number of aromatic nitrogens is 2. The Morgan fingerprint density at radius 2 is 2.17 bits per heavy atom. The van der Waals surface area contributed by atoms with Crippen LogP contribution in [0.4, 0.5) is 5.82 Å². The van der Waals surface area contributed by atoms with Gasteiger partial charge in [0.25, 0.3) is 5.56 Å². The summed E-state index contributed by atoms with van der Waals surface area (Å²) in [5, 5.41) is 0. The van der Waals surface area contributed by atoms with Crippen molar-refractivity contribution in [3.05, 3.63) is 52.6 Å². The molecule has 5 nitrogen and oxygen atoms in total. The Labute approximate surface area is 136 Å². The molecule has 1 atom stereocenters. The first kappa shape index (κ1) is 15.6. The smallest absolute Gasteiger partial charge is 0.293 e. The molecule has 0 radical (unpaired) electrons. The molecule has 0 amide bonds. The Hall–Kier alpha value is -2.30. The molecule has 1 aliphatic heterocycles. The molecule has 1 aromatic heterocycles. The number of anilines is 1. The molecule has 2 aromatic rings. The van der Waals surface area contributed by atoms with E-state index in [1.807, 2.05) is 18.2 Å². The Morgan fingerprint density at radius 3 is 3.00 bits per heavy atom. The van der Waals surface area contributed by atoms with E-state index in [9.17, 15) is 4.79 Å². The summed E-state index contributed by atoms with van der Waals surface area (Å²) in [4.78, 5) is 18.6. The molecule has 0 N–H and O–H groups in total. The summed E-state index contributed by atoms with van der Waals surface area (Å²) in [6.07, 6.45) is 5.55. The van der Waals surface area contributed by atoms with E-state index in [0.29, 0.717) is 18.3 Å². The first-order chi connectivity index (χ1) is 11.1. The second kappa shape index (κ2) is 6.86. The number of piperidine rings is 1. The van der Waals surface area contributed by atoms with Crippen molar-refractivity contribution in [2.45, 2.75) is 19.8 Å². The number of para-hydroxylation sites is 1. The summed E-state index contributed by atoms with van der Waals surface area (Å²) in [5.41, 5.74) is 1.12. The number of ether oxygens (including phenoxy) is 1. The Bertz CT molecular complexity index is 726. The molecule has 1 unspecified atom stereocenters. The minimum absolute atomic E-state index is 0.0343. The van der Waals surface area contributed by atoms with Crippen LogP contribution in [0.25, 0.3) is 0 Å². The Balaban J connectivity index is 1.66. The average molecular weight is 313 g/mol. The fraction of sp³-hybridized carbons (Fsp3) is 0.444. The van der Waals surface area contributed by atoms with Gasteiger partial charge in [0.05, 0.1) is 6.61 Å². The van der Waals surface area contributed by atoms with E-state index in [1.165, 1.54) is 0 Å². The average Bonchev–Trinajstić information content (AvgIpc) is 2.57. The first-order valence-corrected chi connectivity index (χ1v) is 8.10. The van der Waals surface area contributed by atoms with Crippen molar-refractivity contribution in [3.63, 3.8) is 0 Å². The first-order valence-electron chi connectivity index (χ1n) is 8.10. The van der Waals surface area contributed by atoms with Gasteiger partial charge in [-0.2, -0.15) is 0 Å². The molecular formula is C18H23N3O2. The molecule has 0 spiro atoms. The Kier molecular flexibility index (Phi) is 4.65. The maximum Gasteiger partial charge on any atom is 0.293 e. The third-order valence-electron chi connectivity index (χ3n) is 4.39. The molecule has 1 fully saturated rings. The van der Waals surface area contributed by atoms with Crippen molar-refractivity contribution >= 4 is 5.82 Å². The highest BCUT2D eigenvalue weighted by atomic mass is 16.5. The molecule has 0 bridgehead atoms. The lowest BCUT2D eigenvalue weighted by Crippen LogP contribution is -2.41. The van der Waals surface area contributed by atoms with Crippen molar-refractivity contribution in [2.75, 3.05) is 24.6 Å². The molecule has 3 rings (SSSR count). The van der Waals surface area contributed by atoms with Gasteiger partial charge in [0.2, 0.25) is 0 Å². The molecule has 122 valence electrons. The summed E-state index contributed by atoms with van der Waals surface area (Å²) in [7, 11) is 1.76. The number of hydrogen-bond acceptors (Lipinski definition) is 4. The van der Waals surface area contributed by atoms with E-state index >= 15 is 0 Å². The molecular weight excluding hydrogens is 290 g/mol. The maximum absolute atomic E-state index is 12.2. The topological polar surface area (TPSA) is 47.4 Å². The minimum atomic E-state index is -0.0343. The number of nitrogens with zero attached hydrogens (tertiary/aromatic N) is 3. The van der Waals surface area contributed by atoms with Crippen LogP contribution < -0.4 is 15.2 Å². The molecule has 1 aliphatic rings. The van der Waals surface area contributed by atoms with Crippen LogP contribution in [0.1, 0.15) is 18.4 Å². The maximum atomic E-state index is 12.2. The number of aryl methyl sites for hydroxylation is 2. The fourth-order valence-corrected chi connectivity index (χ4v) is 3.02. The largest absolute Gasteiger partial charge is 0.493 e. The van der Waals surface area contributed by atoms with E-state index in [4.69, 9.17) is 4.74 Å². The molecule has 1 saturated heterocycles. The molecule has 23 heavy (non-hydrogen) atoms. The van der Waals surface area contributed by atoms with Gasteiger partial charge in [-0.05, 0) is 31.4 Å². The van der Waals surface area contributed by atoms with Crippen molar-refractivity contribution in [1.82, 2.24) is 9.55 Å². The van der Waals surface area contributed by atoms with Crippen LogP contribution in [-0.2, 0) is 7.05 Å². The minimum Gasteiger partial charge on any atom is -0.493 e. The molecule has 0 saturated carbocycles. The molecule has 2 heterocycles. The monoisotopic (exact) mass is 313 g/mol. The lowest BCUT2D eigenvalue weighted by Gasteiger charge is -2.33. The zero-order chi connectivity index (χ0) is 16.2. The van der Waals surface area contributed by atoms with Crippen LogP contribution in [0.2, 0.25) is 0 Å². The molecule has 1 aromatic carbocycles. The highest BCUT2D eigenvalue weighted by Crippen LogP contribution is 2.22. The SMILES string of the molecule is Cc1ccccc1OCC1CCCN(c2nccn(C)c2=O)C1. The van der Waals surface area contributed by atoms with Crippen LogP contribution in [0.3, 0.4) is 0 Å². The van der Waals surface area contributed by atoms with E-state index in [-0.39, 0.29) is 5.56 Å². The van der Waals surface area contributed by atoms with Crippen molar-refractivity contribution < 1.29 is 4.74 Å². The third-order valence-corrected chi connectivity index (χ3v) is 4.39. The van der Waals surface area contributed by atoms with Gasteiger partial charge in [0, 0.05) is 38.4 Å². The van der Waals surface area contributed by atoms with Crippen molar-refractivity contribution in [1.29, 1.82) is 0 Å². The fourth-order valence-electron chi connectivity index (χ4n) is 3.02. The summed E-state index contributed by atoms with van der Waals surface area (Å²) in [5.74, 6) is 1.91. The normalized spacial score (nSPS) is 18.0. The van der Waals surface area contributed by atoms with Gasteiger partial charge in [-0.3, -0.25) is 4.79 Å². The van der Waals surface area contributed by atoms with Gasteiger partial charge in [-0.25, -0.2) is 4.98 Å². The van der Waals surface area contributed by atoms with Crippen LogP contribution in [0.15, 0.2) is 41.5 Å². The van der Waals surface area contributed by atoms with E-state index in [2.05, 4.69) is 22.9 Å². The van der Waals surface area contributed by atoms with Crippen LogP contribution in [0, 0.1) is 12.8 Å². The second-order valence-corrected chi connectivity index (χ2v) is 6.20. The van der Waals surface area contributed by atoms with Gasteiger partial charge < -0.3 is 14.2 Å². The highest BCUT2D eigenvalue weighted by Gasteiger charge is 2.23. The van der Waals surface area contributed by atoms with Crippen LogP contribution in [-0.4, -0.2) is 29.2 Å². The van der Waals surface area contributed by atoms with Gasteiger partial charge >= 0.3 is 0 Å². The second-order valence-electron chi connectivity index (χ2n) is 6.20. The number of hydrogen-bond donors (Lipinski definition) is 0. The summed E-state index contributed by atoms with van der Waals surface area (Å²) < 4.78 is 7.56. The van der Waals surface area contributed by atoms with Crippen molar-refractivity contribution in [3.8, 4) is 5.75 Å². The zero-order valence-electron chi connectivity index (χ0n) is 13.7. The highest BCUT2D eigenvalue weighted by molar-refractivity contribution is 5.36. The van der Waals surface area contributed by atoms with E-state index in [1.54, 1.807) is 24.0 Å². The van der Waals surface area contributed by atoms with Crippen LogP contribution in [0.5, 0.6) is 5.75 Å². The van der Waals surface area contributed by atoms with Gasteiger partial charge in [0.15, 0.2) is 5.82 Å². The standard InChI is InChI=1S/C18H23N3O2/c1-14-6-3-4-8-16(14)23-13-15-7-5-10-21(12-15)17-18(22)20(2)11-9-19-17/h3-4,6,8-9,11,15H,5,7,10,12-13H2,1-2H3. The van der Waals surface area contributed by atoms with E-state index in [0.717, 1.165) is 37.2 Å². The Morgan fingerprint density at radius 1 is 1.35 bits per heavy atom. The number of benzene rings is 1. The number of rotatable bonds is 4. The van der Waals surface area contributed by atoms with Gasteiger partial charge in [-0.1, -0.05) is 18.2 Å². The van der Waals surface area contributed by atoms with Crippen LogP contribution >= 0.6 is 0 Å². The summed E-state index contributed by atoms with van der Waals surface area (Å²) in [6.45, 7) is 4.43. The lowest BCUT2D eigenvalue weighted by molar-refractivity contribution is 0.227. The van der Waals surface area contributed by atoms with Crippen molar-refractivity contribution in [2.24, 2.45) is 13.0 Å². The summed E-state index contributed by atoms with van der Waals surface area (Å²) >= 11 is 0. The zero-order valence-corrected chi connectivity index (χ0v) is 13.7. The molecule has 5 heteroatoms. The lowest BCUT2D eigenvalue weighted by atomic mass is 9.99. The predicted octanol–water partition coefficient (Wildman–Crippen LogP) is 2.38. The van der Waals surface area contributed by atoms with Gasteiger partial charge in [-0.15, -0.1) is 0 Å². The predicted molar refractivity (Wildman–Crippen MR) is 91.1 cm³/mol. The summed E-state index contributed by atoms with van der Waals surface area (Å²) in [6, 6.07) is 8.07. The van der Waals surface area contributed by atoms with E-state index < -0.39 is 0 Å². The quantitative estimate of drug-likeness (QED) is 0.869. The molecule has 0 aliphatic carbocycles.